The van der Waals surface area contributed by atoms with Gasteiger partial charge in [0.15, 0.2) is 0 Å². The van der Waals surface area contributed by atoms with E-state index in [0.717, 1.165) is 17.3 Å². The molecular weight excluding hydrogens is 281 g/mol. The molecule has 1 aromatic heterocycles. The number of carbonyl (C=O) groups is 1. The molecule has 0 spiro atoms. The molecule has 0 fully saturated rings. The second-order valence-corrected chi connectivity index (χ2v) is 5.04. The van der Waals surface area contributed by atoms with Crippen LogP contribution >= 0.6 is 11.6 Å². The van der Waals surface area contributed by atoms with E-state index >= 15 is 0 Å². The van der Waals surface area contributed by atoms with Crippen molar-refractivity contribution in [1.82, 2.24) is 15.1 Å². The molecule has 20 heavy (non-hydrogen) atoms. The topological polar surface area (TPSA) is 46.9 Å². The molecule has 1 heterocycles. The number of halogens is 2. The smallest absolute Gasteiger partial charge is 0.253 e. The first kappa shape index (κ1) is 14.5. The summed E-state index contributed by atoms with van der Waals surface area (Å²) in [7, 11) is 1.84. The Kier molecular flexibility index (Phi) is 4.09. The first-order valence-electron chi connectivity index (χ1n) is 6.14. The summed E-state index contributed by atoms with van der Waals surface area (Å²) in [5.74, 6) is -0.812. The minimum Gasteiger partial charge on any atom is -0.345 e. The fraction of sp³-hybridized carbons (Fsp3) is 0.286. The van der Waals surface area contributed by atoms with Gasteiger partial charge >= 0.3 is 0 Å². The highest BCUT2D eigenvalue weighted by molar-refractivity contribution is 6.33. The van der Waals surface area contributed by atoms with E-state index in [-0.39, 0.29) is 22.5 Å². The van der Waals surface area contributed by atoms with Crippen LogP contribution in [0.2, 0.25) is 5.02 Å². The summed E-state index contributed by atoms with van der Waals surface area (Å²) in [5, 5.41) is 7.06. The molecule has 0 saturated carbocycles. The molecule has 2 rings (SSSR count). The van der Waals surface area contributed by atoms with Crippen molar-refractivity contribution in [3.05, 3.63) is 52.1 Å². The molecule has 0 unspecified atom stereocenters. The van der Waals surface area contributed by atoms with Crippen LogP contribution in [0.4, 0.5) is 4.39 Å². The summed E-state index contributed by atoms with van der Waals surface area (Å²) in [6.45, 7) is 3.79. The molecule has 0 saturated heterocycles. The summed E-state index contributed by atoms with van der Waals surface area (Å²) < 4.78 is 14.7. The van der Waals surface area contributed by atoms with Gasteiger partial charge in [-0.25, -0.2) is 4.39 Å². The van der Waals surface area contributed by atoms with Gasteiger partial charge in [0.05, 0.1) is 22.8 Å². The Labute approximate surface area is 121 Å². The first-order chi connectivity index (χ1) is 9.40. The lowest BCUT2D eigenvalue weighted by Gasteiger charge is -2.14. The molecule has 1 aromatic carbocycles. The number of hydrogen-bond donors (Lipinski definition) is 1. The largest absolute Gasteiger partial charge is 0.345 e. The van der Waals surface area contributed by atoms with Gasteiger partial charge in [0.1, 0.15) is 5.82 Å². The van der Waals surface area contributed by atoms with Gasteiger partial charge in [-0.05, 0) is 32.0 Å². The van der Waals surface area contributed by atoms with Crippen molar-refractivity contribution in [2.24, 2.45) is 7.05 Å². The van der Waals surface area contributed by atoms with Crippen LogP contribution in [-0.4, -0.2) is 15.7 Å². The lowest BCUT2D eigenvalue weighted by atomic mass is 10.1. The van der Waals surface area contributed by atoms with Gasteiger partial charge in [-0.2, -0.15) is 5.10 Å². The summed E-state index contributed by atoms with van der Waals surface area (Å²) in [4.78, 5) is 12.1. The highest BCUT2D eigenvalue weighted by Gasteiger charge is 2.17. The van der Waals surface area contributed by atoms with Gasteiger partial charge in [0.2, 0.25) is 0 Å². The van der Waals surface area contributed by atoms with Gasteiger partial charge < -0.3 is 5.32 Å². The number of rotatable bonds is 3. The zero-order chi connectivity index (χ0) is 14.9. The van der Waals surface area contributed by atoms with Crippen LogP contribution in [0.15, 0.2) is 24.4 Å². The Bertz CT molecular complexity index is 654. The van der Waals surface area contributed by atoms with Gasteiger partial charge in [-0.15, -0.1) is 0 Å². The summed E-state index contributed by atoms with van der Waals surface area (Å²) in [6.07, 6.45) is 1.71. The predicted octanol–water partition coefficient (Wildman–Crippen LogP) is 3.01. The van der Waals surface area contributed by atoms with E-state index in [1.54, 1.807) is 10.9 Å². The van der Waals surface area contributed by atoms with Crippen molar-refractivity contribution in [1.29, 1.82) is 0 Å². The predicted molar refractivity (Wildman–Crippen MR) is 75.2 cm³/mol. The van der Waals surface area contributed by atoms with Crippen LogP contribution in [0.1, 0.15) is 34.6 Å². The number of hydrogen-bond acceptors (Lipinski definition) is 2. The normalized spacial score (nSPS) is 12.2. The number of benzene rings is 1. The van der Waals surface area contributed by atoms with Crippen molar-refractivity contribution < 1.29 is 9.18 Å². The zero-order valence-electron chi connectivity index (χ0n) is 11.4. The van der Waals surface area contributed by atoms with Crippen LogP contribution in [0.25, 0.3) is 0 Å². The average molecular weight is 296 g/mol. The highest BCUT2D eigenvalue weighted by Crippen LogP contribution is 2.20. The first-order valence-corrected chi connectivity index (χ1v) is 6.52. The second kappa shape index (κ2) is 5.63. The van der Waals surface area contributed by atoms with Crippen molar-refractivity contribution in [3.8, 4) is 0 Å². The molecule has 0 aliphatic carbocycles. The second-order valence-electron chi connectivity index (χ2n) is 4.63. The lowest BCUT2D eigenvalue weighted by molar-refractivity contribution is 0.0940. The van der Waals surface area contributed by atoms with Gasteiger partial charge in [-0.1, -0.05) is 11.6 Å². The number of amides is 1. The Morgan fingerprint density at radius 3 is 2.75 bits per heavy atom. The van der Waals surface area contributed by atoms with E-state index in [1.807, 2.05) is 20.9 Å². The number of aromatic nitrogens is 2. The monoisotopic (exact) mass is 295 g/mol. The maximum atomic E-state index is 13.0. The van der Waals surface area contributed by atoms with Gasteiger partial charge in [0, 0.05) is 18.3 Å². The standard InChI is InChI=1S/C14H15ClFN3O/c1-8(12-7-17-19(3)9(12)2)18-14(20)11-5-4-10(16)6-13(11)15/h4-8H,1-3H3,(H,18,20)/t8-/m1/s1. The molecule has 1 N–H and O–H groups in total. The molecule has 1 atom stereocenters. The number of nitrogens with one attached hydrogen (secondary N) is 1. The number of carbonyl (C=O) groups excluding carboxylic acids is 1. The molecule has 2 aromatic rings. The fourth-order valence-electron chi connectivity index (χ4n) is 1.97. The van der Waals surface area contributed by atoms with E-state index in [2.05, 4.69) is 10.4 Å². The summed E-state index contributed by atoms with van der Waals surface area (Å²) >= 11 is 5.87. The SMILES string of the molecule is Cc1c([C@@H](C)NC(=O)c2ccc(F)cc2Cl)cnn1C. The van der Waals surface area contributed by atoms with E-state index in [4.69, 9.17) is 11.6 Å². The van der Waals surface area contributed by atoms with Crippen LogP contribution in [0, 0.1) is 12.7 Å². The maximum absolute atomic E-state index is 13.0. The third-order valence-electron chi connectivity index (χ3n) is 3.26. The Balaban J connectivity index is 2.17. The van der Waals surface area contributed by atoms with E-state index in [0.29, 0.717) is 0 Å². The third-order valence-corrected chi connectivity index (χ3v) is 3.58. The molecule has 0 aliphatic heterocycles. The molecule has 0 aliphatic rings. The van der Waals surface area contributed by atoms with Crippen LogP contribution < -0.4 is 5.32 Å². The van der Waals surface area contributed by atoms with Gasteiger partial charge in [-0.3, -0.25) is 9.48 Å². The van der Waals surface area contributed by atoms with Crippen LogP contribution in [-0.2, 0) is 7.05 Å². The molecule has 106 valence electrons. The minimum atomic E-state index is -0.470. The van der Waals surface area contributed by atoms with Crippen molar-refractivity contribution >= 4 is 17.5 Å². The Morgan fingerprint density at radius 2 is 2.20 bits per heavy atom. The molecule has 4 nitrogen and oxygen atoms in total. The van der Waals surface area contributed by atoms with Crippen molar-refractivity contribution in [3.63, 3.8) is 0 Å². The van der Waals surface area contributed by atoms with Crippen LogP contribution in [0.3, 0.4) is 0 Å². The minimum absolute atomic E-state index is 0.0950. The maximum Gasteiger partial charge on any atom is 0.253 e. The average Bonchev–Trinajstić information content (AvgIpc) is 2.69. The molecule has 0 bridgehead atoms. The van der Waals surface area contributed by atoms with E-state index in [1.165, 1.54) is 12.1 Å². The third kappa shape index (κ3) is 2.82. The molecule has 0 radical (unpaired) electrons. The highest BCUT2D eigenvalue weighted by atomic mass is 35.5. The van der Waals surface area contributed by atoms with Gasteiger partial charge in [0.25, 0.3) is 5.91 Å². The van der Waals surface area contributed by atoms with Crippen molar-refractivity contribution in [2.75, 3.05) is 0 Å². The zero-order valence-corrected chi connectivity index (χ0v) is 12.2. The number of nitrogens with zero attached hydrogens (tertiary/aromatic N) is 2. The van der Waals surface area contributed by atoms with Crippen LogP contribution in [0.5, 0.6) is 0 Å². The van der Waals surface area contributed by atoms with Crippen molar-refractivity contribution in [2.45, 2.75) is 19.9 Å². The fourth-order valence-corrected chi connectivity index (χ4v) is 2.22. The Morgan fingerprint density at radius 1 is 1.50 bits per heavy atom. The quantitative estimate of drug-likeness (QED) is 0.946. The lowest BCUT2D eigenvalue weighted by Crippen LogP contribution is -2.27. The molecule has 1 amide bonds. The molecule has 6 heteroatoms. The Hall–Kier alpha value is -1.88. The summed E-state index contributed by atoms with van der Waals surface area (Å²) in [5.41, 5.74) is 2.16. The van der Waals surface area contributed by atoms with E-state index in [9.17, 15) is 9.18 Å². The summed E-state index contributed by atoms with van der Waals surface area (Å²) in [6, 6.07) is 3.49. The van der Waals surface area contributed by atoms with E-state index < -0.39 is 5.82 Å². The number of aryl methyl sites for hydroxylation is 1. The molecular formula is C14H15ClFN3O.